The molecule has 144 valence electrons. The monoisotopic (exact) mass is 373 g/mol. The van der Waals surface area contributed by atoms with Crippen LogP contribution in [0.25, 0.3) is 0 Å². The molecule has 5 nitrogen and oxygen atoms in total. The molecule has 0 aromatic heterocycles. The topological polar surface area (TPSA) is 59.0 Å². The van der Waals surface area contributed by atoms with Gasteiger partial charge in [0.05, 0.1) is 20.1 Å². The van der Waals surface area contributed by atoms with Crippen LogP contribution in [0.3, 0.4) is 0 Å². The van der Waals surface area contributed by atoms with Crippen LogP contribution in [0.5, 0.6) is 11.5 Å². The third-order valence-corrected chi connectivity index (χ3v) is 5.21. The lowest BCUT2D eigenvalue weighted by Crippen LogP contribution is -2.23. The van der Waals surface area contributed by atoms with Crippen molar-refractivity contribution in [2.75, 3.05) is 27.3 Å². The zero-order valence-electron chi connectivity index (χ0n) is 15.7. The molecule has 6 heteroatoms. The summed E-state index contributed by atoms with van der Waals surface area (Å²) >= 11 is 0. The van der Waals surface area contributed by atoms with E-state index < -0.39 is 11.9 Å². The second-order valence-corrected chi connectivity index (χ2v) is 6.88. The first-order valence-electron chi connectivity index (χ1n) is 8.86. The fourth-order valence-corrected chi connectivity index (χ4v) is 3.85. The standard InChI is InChI=1S/C21H24FNO4/c1-13-6-4-7-14(19(13)22)10-23-11-16(17(12-23)21(24)25)15-8-5-9-18(26-2)20(15)27-3/h4-9,16-17H,10-12H2,1-3H3,(H,24,25). The van der Waals surface area contributed by atoms with E-state index in [1.165, 1.54) is 0 Å². The molecule has 1 aliphatic heterocycles. The average molecular weight is 373 g/mol. The number of hydrogen-bond acceptors (Lipinski definition) is 4. The highest BCUT2D eigenvalue weighted by atomic mass is 19.1. The van der Waals surface area contributed by atoms with Crippen molar-refractivity contribution in [1.29, 1.82) is 0 Å². The van der Waals surface area contributed by atoms with Gasteiger partial charge in [0.15, 0.2) is 11.5 Å². The molecule has 1 fully saturated rings. The molecule has 2 aromatic carbocycles. The van der Waals surface area contributed by atoms with Gasteiger partial charge in [-0.05, 0) is 18.6 Å². The van der Waals surface area contributed by atoms with E-state index in [0.29, 0.717) is 42.3 Å². The van der Waals surface area contributed by atoms with Crippen LogP contribution in [0.2, 0.25) is 0 Å². The van der Waals surface area contributed by atoms with Gasteiger partial charge in [0, 0.05) is 36.7 Å². The maximum absolute atomic E-state index is 14.4. The van der Waals surface area contributed by atoms with E-state index in [0.717, 1.165) is 5.56 Å². The summed E-state index contributed by atoms with van der Waals surface area (Å²) in [7, 11) is 3.10. The van der Waals surface area contributed by atoms with Gasteiger partial charge in [-0.15, -0.1) is 0 Å². The fourth-order valence-electron chi connectivity index (χ4n) is 3.85. The molecule has 27 heavy (non-hydrogen) atoms. The number of rotatable bonds is 6. The number of ether oxygens (including phenoxy) is 2. The second kappa shape index (κ2) is 7.96. The maximum atomic E-state index is 14.4. The molecule has 1 heterocycles. The van der Waals surface area contributed by atoms with Crippen LogP contribution >= 0.6 is 0 Å². The van der Waals surface area contributed by atoms with Gasteiger partial charge < -0.3 is 14.6 Å². The molecule has 3 rings (SSSR count). The highest BCUT2D eigenvalue weighted by Gasteiger charge is 2.40. The molecule has 1 N–H and O–H groups in total. The zero-order chi connectivity index (χ0) is 19.6. The van der Waals surface area contributed by atoms with E-state index in [1.54, 1.807) is 39.3 Å². The second-order valence-electron chi connectivity index (χ2n) is 6.88. The molecule has 0 bridgehead atoms. The first-order chi connectivity index (χ1) is 13.0. The molecule has 2 aromatic rings. The van der Waals surface area contributed by atoms with Crippen molar-refractivity contribution in [2.45, 2.75) is 19.4 Å². The smallest absolute Gasteiger partial charge is 0.308 e. The molecule has 0 amide bonds. The number of nitrogens with zero attached hydrogens (tertiary/aromatic N) is 1. The van der Waals surface area contributed by atoms with E-state index in [9.17, 15) is 14.3 Å². The highest BCUT2D eigenvalue weighted by Crippen LogP contribution is 2.42. The summed E-state index contributed by atoms with van der Waals surface area (Å²) in [6, 6.07) is 10.8. The van der Waals surface area contributed by atoms with Crippen LogP contribution in [0.15, 0.2) is 36.4 Å². The van der Waals surface area contributed by atoms with Crippen molar-refractivity contribution >= 4 is 5.97 Å². The van der Waals surface area contributed by atoms with Gasteiger partial charge in [0.25, 0.3) is 0 Å². The van der Waals surface area contributed by atoms with E-state index in [-0.39, 0.29) is 11.7 Å². The Kier molecular flexibility index (Phi) is 5.65. The molecule has 0 saturated carbocycles. The first-order valence-corrected chi connectivity index (χ1v) is 8.86. The summed E-state index contributed by atoms with van der Waals surface area (Å²) in [5, 5.41) is 9.74. The van der Waals surface area contributed by atoms with Crippen molar-refractivity contribution in [2.24, 2.45) is 5.92 Å². The van der Waals surface area contributed by atoms with Crippen molar-refractivity contribution in [3.63, 3.8) is 0 Å². The summed E-state index contributed by atoms with van der Waals surface area (Å²) in [6.45, 7) is 2.97. The molecule has 2 atom stereocenters. The third-order valence-electron chi connectivity index (χ3n) is 5.21. The summed E-state index contributed by atoms with van der Waals surface area (Å²) in [5.74, 6) is -0.828. The number of halogens is 1. The van der Waals surface area contributed by atoms with E-state index >= 15 is 0 Å². The molecule has 1 aliphatic rings. The van der Waals surface area contributed by atoms with Gasteiger partial charge in [-0.25, -0.2) is 4.39 Å². The number of aliphatic carboxylic acids is 1. The fraction of sp³-hybridized carbons (Fsp3) is 0.381. The van der Waals surface area contributed by atoms with E-state index in [4.69, 9.17) is 9.47 Å². The van der Waals surface area contributed by atoms with Gasteiger partial charge in [0.1, 0.15) is 5.82 Å². The van der Waals surface area contributed by atoms with Gasteiger partial charge in [-0.2, -0.15) is 0 Å². The Bertz CT molecular complexity index is 839. The predicted octanol–water partition coefficient (Wildman–Crippen LogP) is 3.45. The number of likely N-dealkylation sites (tertiary alicyclic amines) is 1. The SMILES string of the molecule is COc1cccc(C2CN(Cc3cccc(C)c3F)CC2C(=O)O)c1OC. The van der Waals surface area contributed by atoms with Gasteiger partial charge in [0.2, 0.25) is 0 Å². The van der Waals surface area contributed by atoms with E-state index in [1.807, 2.05) is 23.1 Å². The van der Waals surface area contributed by atoms with Gasteiger partial charge >= 0.3 is 5.97 Å². The summed E-state index contributed by atoms with van der Waals surface area (Å²) in [6.07, 6.45) is 0. The van der Waals surface area contributed by atoms with Crippen LogP contribution in [-0.2, 0) is 11.3 Å². The molecule has 0 aliphatic carbocycles. The maximum Gasteiger partial charge on any atom is 0.308 e. The first kappa shape index (κ1) is 19.2. The van der Waals surface area contributed by atoms with Crippen LogP contribution in [0, 0.1) is 18.7 Å². The number of aryl methyl sites for hydroxylation is 1. The number of benzene rings is 2. The van der Waals surface area contributed by atoms with Crippen LogP contribution in [0.4, 0.5) is 4.39 Å². The number of carbonyl (C=O) groups is 1. The molecule has 0 spiro atoms. The minimum atomic E-state index is -0.864. The molecule has 2 unspecified atom stereocenters. The molecule has 0 radical (unpaired) electrons. The number of methoxy groups -OCH3 is 2. The Labute approximate surface area is 158 Å². The van der Waals surface area contributed by atoms with Crippen molar-refractivity contribution in [1.82, 2.24) is 4.90 Å². The highest BCUT2D eigenvalue weighted by molar-refractivity contribution is 5.73. The lowest BCUT2D eigenvalue weighted by atomic mass is 9.88. The predicted molar refractivity (Wildman–Crippen MR) is 99.8 cm³/mol. The van der Waals surface area contributed by atoms with E-state index in [2.05, 4.69) is 0 Å². The number of para-hydroxylation sites is 1. The lowest BCUT2D eigenvalue weighted by Gasteiger charge is -2.20. The Morgan fingerprint density at radius 3 is 2.59 bits per heavy atom. The number of carboxylic acid groups (broad SMARTS) is 1. The van der Waals surface area contributed by atoms with Crippen molar-refractivity contribution in [3.05, 3.63) is 58.9 Å². The summed E-state index contributed by atoms with van der Waals surface area (Å²) in [4.78, 5) is 13.9. The Morgan fingerprint density at radius 1 is 1.19 bits per heavy atom. The minimum absolute atomic E-state index is 0.230. The molecule has 1 saturated heterocycles. The molecular formula is C21H24FNO4. The molecular weight excluding hydrogens is 349 g/mol. The zero-order valence-corrected chi connectivity index (χ0v) is 15.7. The van der Waals surface area contributed by atoms with Crippen molar-refractivity contribution in [3.8, 4) is 11.5 Å². The van der Waals surface area contributed by atoms with Crippen molar-refractivity contribution < 1.29 is 23.8 Å². The van der Waals surface area contributed by atoms with Crippen LogP contribution in [-0.4, -0.2) is 43.3 Å². The normalized spacial score (nSPS) is 19.9. The van der Waals surface area contributed by atoms with Gasteiger partial charge in [-0.1, -0.05) is 30.3 Å². The van der Waals surface area contributed by atoms with Crippen LogP contribution < -0.4 is 9.47 Å². The van der Waals surface area contributed by atoms with Crippen LogP contribution in [0.1, 0.15) is 22.6 Å². The number of carboxylic acids is 1. The Morgan fingerprint density at radius 2 is 1.93 bits per heavy atom. The van der Waals surface area contributed by atoms with Gasteiger partial charge in [-0.3, -0.25) is 9.69 Å². The minimum Gasteiger partial charge on any atom is -0.493 e. The summed E-state index contributed by atoms with van der Waals surface area (Å²) in [5.41, 5.74) is 1.97. The largest absolute Gasteiger partial charge is 0.493 e. The quantitative estimate of drug-likeness (QED) is 0.840. The Hall–Kier alpha value is -2.60. The average Bonchev–Trinajstić information content (AvgIpc) is 3.08. The Balaban J connectivity index is 1.90. The lowest BCUT2D eigenvalue weighted by molar-refractivity contribution is -0.141. The number of hydrogen-bond donors (Lipinski definition) is 1. The summed E-state index contributed by atoms with van der Waals surface area (Å²) < 4.78 is 25.2. The third kappa shape index (κ3) is 3.76.